The first-order chi connectivity index (χ1) is 5.07. The normalized spacial score (nSPS) is 13.5. The zero-order valence-corrected chi connectivity index (χ0v) is 7.46. The van der Waals surface area contributed by atoms with Crippen molar-refractivity contribution in [2.75, 3.05) is 6.61 Å². The van der Waals surface area contributed by atoms with Gasteiger partial charge in [-0.15, -0.1) is 0 Å². The van der Waals surface area contributed by atoms with Gasteiger partial charge in [-0.25, -0.2) is 0 Å². The Balaban J connectivity index is 3.52. The Bertz CT molecular complexity index is 123. The zero-order valence-electron chi connectivity index (χ0n) is 7.46. The molecule has 0 spiro atoms. The molecule has 0 aromatic heterocycles. The molecule has 0 amide bonds. The van der Waals surface area contributed by atoms with Crippen LogP contribution >= 0.6 is 0 Å². The summed E-state index contributed by atoms with van der Waals surface area (Å²) in [6.07, 6.45) is 0.633. The van der Waals surface area contributed by atoms with Crippen LogP contribution in [0.4, 0.5) is 0 Å². The lowest BCUT2D eigenvalue weighted by Crippen LogP contribution is -2.35. The van der Waals surface area contributed by atoms with Gasteiger partial charge in [0.15, 0.2) is 5.78 Å². The molecule has 0 aliphatic carbocycles. The topological polar surface area (TPSA) is 52.3 Å². The first kappa shape index (κ1) is 10.6. The maximum absolute atomic E-state index is 10.9. The summed E-state index contributed by atoms with van der Waals surface area (Å²) in [6.45, 7) is 5.98. The molecular weight excluding hydrogens is 142 g/mol. The maximum Gasteiger partial charge on any atom is 0.151 e. The SMILES string of the molecule is CCC(=O)C(N)COC(C)C. The van der Waals surface area contributed by atoms with Gasteiger partial charge in [0.2, 0.25) is 0 Å². The number of carbonyl (C=O) groups is 1. The minimum absolute atomic E-state index is 0.0608. The molecular formula is C8H17NO2. The molecule has 2 N–H and O–H groups in total. The van der Waals surface area contributed by atoms with Crippen LogP contribution < -0.4 is 5.73 Å². The second-order valence-electron chi connectivity index (χ2n) is 2.81. The predicted octanol–water partition coefficient (Wildman–Crippen LogP) is 0.718. The molecule has 66 valence electrons. The van der Waals surface area contributed by atoms with E-state index in [1.807, 2.05) is 13.8 Å². The van der Waals surface area contributed by atoms with E-state index in [1.165, 1.54) is 0 Å². The van der Waals surface area contributed by atoms with Gasteiger partial charge in [0, 0.05) is 6.42 Å². The lowest BCUT2D eigenvalue weighted by Gasteiger charge is -2.11. The van der Waals surface area contributed by atoms with Gasteiger partial charge in [-0.1, -0.05) is 6.92 Å². The van der Waals surface area contributed by atoms with E-state index < -0.39 is 6.04 Å². The Morgan fingerprint density at radius 1 is 1.55 bits per heavy atom. The van der Waals surface area contributed by atoms with Crippen molar-refractivity contribution in [3.63, 3.8) is 0 Å². The molecule has 0 fully saturated rings. The van der Waals surface area contributed by atoms with Gasteiger partial charge in [0.25, 0.3) is 0 Å². The van der Waals surface area contributed by atoms with Gasteiger partial charge < -0.3 is 10.5 Å². The summed E-state index contributed by atoms with van der Waals surface area (Å²) in [4.78, 5) is 10.9. The fraction of sp³-hybridized carbons (Fsp3) is 0.875. The lowest BCUT2D eigenvalue weighted by molar-refractivity contribution is -0.121. The molecule has 0 aliphatic rings. The van der Waals surface area contributed by atoms with Crippen LogP contribution in [0.2, 0.25) is 0 Å². The highest BCUT2D eigenvalue weighted by Crippen LogP contribution is 1.93. The molecule has 0 heterocycles. The van der Waals surface area contributed by atoms with E-state index in [4.69, 9.17) is 10.5 Å². The molecule has 0 aromatic carbocycles. The highest BCUT2D eigenvalue weighted by Gasteiger charge is 2.11. The molecule has 11 heavy (non-hydrogen) atoms. The van der Waals surface area contributed by atoms with Crippen LogP contribution in [0.15, 0.2) is 0 Å². The van der Waals surface area contributed by atoms with E-state index >= 15 is 0 Å². The molecule has 0 saturated heterocycles. The minimum Gasteiger partial charge on any atom is -0.377 e. The smallest absolute Gasteiger partial charge is 0.151 e. The average molecular weight is 159 g/mol. The van der Waals surface area contributed by atoms with Crippen LogP contribution in [0.5, 0.6) is 0 Å². The molecule has 3 heteroatoms. The van der Waals surface area contributed by atoms with E-state index in [9.17, 15) is 4.79 Å². The molecule has 0 aliphatic heterocycles. The predicted molar refractivity (Wildman–Crippen MR) is 44.4 cm³/mol. The molecule has 0 radical (unpaired) electrons. The van der Waals surface area contributed by atoms with Crippen LogP contribution in [0.1, 0.15) is 27.2 Å². The van der Waals surface area contributed by atoms with Gasteiger partial charge in [0.1, 0.15) is 0 Å². The first-order valence-corrected chi connectivity index (χ1v) is 3.97. The van der Waals surface area contributed by atoms with Crippen molar-refractivity contribution in [3.05, 3.63) is 0 Å². The number of ketones is 1. The molecule has 0 aromatic rings. The van der Waals surface area contributed by atoms with Crippen molar-refractivity contribution in [1.82, 2.24) is 0 Å². The van der Waals surface area contributed by atoms with E-state index in [2.05, 4.69) is 0 Å². The van der Waals surface area contributed by atoms with Crippen LogP contribution in [-0.2, 0) is 9.53 Å². The van der Waals surface area contributed by atoms with E-state index in [0.29, 0.717) is 13.0 Å². The van der Waals surface area contributed by atoms with Crippen molar-refractivity contribution in [2.45, 2.75) is 39.3 Å². The number of Topliss-reactive ketones (excluding diaryl/α,β-unsaturated/α-hetero) is 1. The molecule has 1 unspecified atom stereocenters. The van der Waals surface area contributed by atoms with Crippen molar-refractivity contribution in [2.24, 2.45) is 5.73 Å². The van der Waals surface area contributed by atoms with Gasteiger partial charge in [-0.2, -0.15) is 0 Å². The monoisotopic (exact) mass is 159 g/mol. The van der Waals surface area contributed by atoms with Crippen LogP contribution in [0.25, 0.3) is 0 Å². The summed E-state index contributed by atoms with van der Waals surface area (Å²) in [6, 6.07) is -0.442. The van der Waals surface area contributed by atoms with Crippen LogP contribution in [-0.4, -0.2) is 24.5 Å². The molecule has 3 nitrogen and oxygen atoms in total. The van der Waals surface area contributed by atoms with Crippen molar-refractivity contribution in [1.29, 1.82) is 0 Å². The third-order valence-electron chi connectivity index (χ3n) is 1.37. The number of ether oxygens (including phenoxy) is 1. The fourth-order valence-electron chi connectivity index (χ4n) is 0.651. The second-order valence-corrected chi connectivity index (χ2v) is 2.81. The standard InChI is InChI=1S/C8H17NO2/c1-4-8(10)7(9)5-11-6(2)3/h6-7H,4-5,9H2,1-3H3. The fourth-order valence-corrected chi connectivity index (χ4v) is 0.651. The van der Waals surface area contributed by atoms with E-state index in [1.54, 1.807) is 6.92 Å². The number of carbonyl (C=O) groups excluding carboxylic acids is 1. The summed E-state index contributed by atoms with van der Waals surface area (Å²) in [5, 5.41) is 0. The maximum atomic E-state index is 10.9. The molecule has 0 saturated carbocycles. The summed E-state index contributed by atoms with van der Waals surface area (Å²) < 4.78 is 5.18. The second kappa shape index (κ2) is 5.27. The van der Waals surface area contributed by atoms with Crippen LogP contribution in [0, 0.1) is 0 Å². The first-order valence-electron chi connectivity index (χ1n) is 3.97. The molecule has 0 rings (SSSR count). The third-order valence-corrected chi connectivity index (χ3v) is 1.37. The summed E-state index contributed by atoms with van der Waals surface area (Å²) in [7, 11) is 0. The third kappa shape index (κ3) is 4.93. The van der Waals surface area contributed by atoms with Crippen molar-refractivity contribution < 1.29 is 9.53 Å². The highest BCUT2D eigenvalue weighted by atomic mass is 16.5. The summed E-state index contributed by atoms with van der Waals surface area (Å²) in [5.41, 5.74) is 5.50. The number of nitrogens with two attached hydrogens (primary N) is 1. The number of hydrogen-bond donors (Lipinski definition) is 1. The Morgan fingerprint density at radius 2 is 2.09 bits per heavy atom. The minimum atomic E-state index is -0.442. The summed E-state index contributed by atoms with van der Waals surface area (Å²) in [5.74, 6) is 0.0608. The van der Waals surface area contributed by atoms with E-state index in [-0.39, 0.29) is 11.9 Å². The quantitative estimate of drug-likeness (QED) is 0.643. The van der Waals surface area contributed by atoms with Gasteiger partial charge in [-0.3, -0.25) is 4.79 Å². The van der Waals surface area contributed by atoms with Crippen LogP contribution in [0.3, 0.4) is 0 Å². The zero-order chi connectivity index (χ0) is 8.85. The highest BCUT2D eigenvalue weighted by molar-refractivity contribution is 5.83. The van der Waals surface area contributed by atoms with Crippen molar-refractivity contribution >= 4 is 5.78 Å². The van der Waals surface area contributed by atoms with Gasteiger partial charge in [-0.05, 0) is 13.8 Å². The number of hydrogen-bond acceptors (Lipinski definition) is 3. The van der Waals surface area contributed by atoms with Crippen molar-refractivity contribution in [3.8, 4) is 0 Å². The molecule has 0 bridgehead atoms. The summed E-state index contributed by atoms with van der Waals surface area (Å²) >= 11 is 0. The Morgan fingerprint density at radius 3 is 2.45 bits per heavy atom. The lowest BCUT2D eigenvalue weighted by atomic mass is 10.2. The van der Waals surface area contributed by atoms with Gasteiger partial charge >= 0.3 is 0 Å². The Labute approximate surface area is 67.9 Å². The largest absolute Gasteiger partial charge is 0.377 e. The molecule has 1 atom stereocenters. The van der Waals surface area contributed by atoms with Gasteiger partial charge in [0.05, 0.1) is 18.8 Å². The Kier molecular flexibility index (Phi) is 5.07. The average Bonchev–Trinajstić information content (AvgIpc) is 1.98. The Hall–Kier alpha value is -0.410. The number of rotatable bonds is 5. The van der Waals surface area contributed by atoms with E-state index in [0.717, 1.165) is 0 Å².